The van der Waals surface area contributed by atoms with Gasteiger partial charge in [0, 0.05) is 6.54 Å². The van der Waals surface area contributed by atoms with Gasteiger partial charge in [-0.1, -0.05) is 13.8 Å². The van der Waals surface area contributed by atoms with Gasteiger partial charge in [-0.25, -0.2) is 0 Å². The molecule has 1 aromatic rings. The summed E-state index contributed by atoms with van der Waals surface area (Å²) >= 11 is 6.93. The molecule has 0 aliphatic rings. The summed E-state index contributed by atoms with van der Waals surface area (Å²) in [5.41, 5.74) is 0. The minimum absolute atomic E-state index is 0.648. The fraction of sp³-hybridized carbons (Fsp3) is 0.571. The van der Waals surface area contributed by atoms with E-state index in [4.69, 9.17) is 9.47 Å². The van der Waals surface area contributed by atoms with Gasteiger partial charge in [-0.05, 0) is 62.9 Å². The molecule has 0 saturated carbocycles. The normalized spacial score (nSPS) is 10.8. The lowest BCUT2D eigenvalue weighted by Gasteiger charge is -2.12. The predicted molar refractivity (Wildman–Crippen MR) is 86.2 cm³/mol. The van der Waals surface area contributed by atoms with Crippen LogP contribution in [0.1, 0.15) is 20.3 Å². The molecule has 0 radical (unpaired) electrons. The van der Waals surface area contributed by atoms with Gasteiger partial charge < -0.3 is 14.8 Å². The highest BCUT2D eigenvalue weighted by molar-refractivity contribution is 9.11. The Morgan fingerprint density at radius 1 is 1.11 bits per heavy atom. The Morgan fingerprint density at radius 2 is 1.74 bits per heavy atom. The average molecular weight is 395 g/mol. The Morgan fingerprint density at radius 3 is 2.37 bits per heavy atom. The van der Waals surface area contributed by atoms with E-state index in [1.807, 2.05) is 12.1 Å². The van der Waals surface area contributed by atoms with E-state index in [0.29, 0.717) is 6.61 Å². The number of rotatable bonds is 8. The van der Waals surface area contributed by atoms with Gasteiger partial charge in [0.05, 0.1) is 16.1 Å². The summed E-state index contributed by atoms with van der Waals surface area (Å²) in [7, 11) is 1.64. The smallest absolute Gasteiger partial charge is 0.134 e. The minimum Gasteiger partial charge on any atom is -0.496 e. The second kappa shape index (κ2) is 8.82. The molecule has 0 heterocycles. The van der Waals surface area contributed by atoms with Gasteiger partial charge in [-0.3, -0.25) is 0 Å². The molecule has 0 aromatic heterocycles. The van der Waals surface area contributed by atoms with E-state index >= 15 is 0 Å². The molecule has 0 saturated heterocycles. The molecule has 0 unspecified atom stereocenters. The highest BCUT2D eigenvalue weighted by Crippen LogP contribution is 2.35. The van der Waals surface area contributed by atoms with Crippen LogP contribution in [-0.4, -0.2) is 26.8 Å². The van der Waals surface area contributed by atoms with Crippen LogP contribution in [0.5, 0.6) is 11.5 Å². The van der Waals surface area contributed by atoms with Crippen molar-refractivity contribution < 1.29 is 9.47 Å². The monoisotopic (exact) mass is 393 g/mol. The first-order valence-electron chi connectivity index (χ1n) is 6.41. The van der Waals surface area contributed by atoms with E-state index in [1.54, 1.807) is 7.11 Å². The van der Waals surface area contributed by atoms with Gasteiger partial charge in [-0.2, -0.15) is 0 Å². The average Bonchev–Trinajstić information content (AvgIpc) is 2.36. The Bertz CT molecular complexity index is 397. The first kappa shape index (κ1) is 16.8. The van der Waals surface area contributed by atoms with Gasteiger partial charge in [-0.15, -0.1) is 0 Å². The van der Waals surface area contributed by atoms with Gasteiger partial charge in [0.25, 0.3) is 0 Å². The Balaban J connectivity index is 2.35. The maximum absolute atomic E-state index is 5.73. The second-order valence-corrected chi connectivity index (χ2v) is 6.41. The highest BCUT2D eigenvalue weighted by Gasteiger charge is 2.07. The van der Waals surface area contributed by atoms with E-state index in [0.717, 1.165) is 39.5 Å². The molecule has 0 bridgehead atoms. The first-order chi connectivity index (χ1) is 9.04. The summed E-state index contributed by atoms with van der Waals surface area (Å²) in [5, 5.41) is 3.37. The molecule has 19 heavy (non-hydrogen) atoms. The van der Waals surface area contributed by atoms with Crippen molar-refractivity contribution in [3.63, 3.8) is 0 Å². The highest BCUT2D eigenvalue weighted by atomic mass is 79.9. The molecule has 0 atom stereocenters. The number of benzene rings is 1. The molecule has 1 rings (SSSR count). The molecule has 0 aliphatic carbocycles. The summed E-state index contributed by atoms with van der Waals surface area (Å²) in [6.45, 7) is 6.99. The Kier molecular flexibility index (Phi) is 7.80. The molecule has 0 amide bonds. The molecule has 1 N–H and O–H groups in total. The van der Waals surface area contributed by atoms with Crippen LogP contribution in [0.25, 0.3) is 0 Å². The quantitative estimate of drug-likeness (QED) is 0.669. The van der Waals surface area contributed by atoms with Crippen molar-refractivity contribution in [3.05, 3.63) is 21.1 Å². The number of halogens is 2. The number of hydrogen-bond acceptors (Lipinski definition) is 3. The van der Waals surface area contributed by atoms with Crippen LogP contribution in [0.3, 0.4) is 0 Å². The van der Waals surface area contributed by atoms with Crippen LogP contribution in [0, 0.1) is 5.92 Å². The molecular formula is C14H21Br2NO2. The van der Waals surface area contributed by atoms with Gasteiger partial charge in [0.1, 0.15) is 18.1 Å². The van der Waals surface area contributed by atoms with Crippen LogP contribution in [0.15, 0.2) is 21.1 Å². The molecule has 0 fully saturated rings. The largest absolute Gasteiger partial charge is 0.496 e. The Hall–Kier alpha value is -0.260. The van der Waals surface area contributed by atoms with Crippen molar-refractivity contribution in [2.75, 3.05) is 26.8 Å². The van der Waals surface area contributed by atoms with Crippen LogP contribution < -0.4 is 14.8 Å². The van der Waals surface area contributed by atoms with Crippen molar-refractivity contribution in [3.8, 4) is 11.5 Å². The summed E-state index contributed by atoms with van der Waals surface area (Å²) in [6.07, 6.45) is 1.19. The summed E-state index contributed by atoms with van der Waals surface area (Å²) in [5.74, 6) is 2.34. The lowest BCUT2D eigenvalue weighted by atomic mass is 10.1. The molecule has 108 valence electrons. The van der Waals surface area contributed by atoms with Crippen molar-refractivity contribution in [2.24, 2.45) is 5.92 Å². The van der Waals surface area contributed by atoms with Crippen molar-refractivity contribution in [1.29, 1.82) is 0 Å². The van der Waals surface area contributed by atoms with Crippen molar-refractivity contribution >= 4 is 31.9 Å². The number of methoxy groups -OCH3 is 1. The lowest BCUT2D eigenvalue weighted by molar-refractivity contribution is 0.309. The number of ether oxygens (including phenoxy) is 2. The summed E-state index contributed by atoms with van der Waals surface area (Å²) in [4.78, 5) is 0. The summed E-state index contributed by atoms with van der Waals surface area (Å²) in [6, 6.07) is 3.81. The third-order valence-electron chi connectivity index (χ3n) is 2.64. The van der Waals surface area contributed by atoms with E-state index in [-0.39, 0.29) is 0 Å². The minimum atomic E-state index is 0.648. The maximum atomic E-state index is 5.73. The summed E-state index contributed by atoms with van der Waals surface area (Å²) < 4.78 is 12.7. The van der Waals surface area contributed by atoms with Crippen LogP contribution in [-0.2, 0) is 0 Å². The van der Waals surface area contributed by atoms with Crippen molar-refractivity contribution in [2.45, 2.75) is 20.3 Å². The zero-order valence-corrected chi connectivity index (χ0v) is 14.8. The SMILES string of the molecule is COc1cc(Br)c(OCCNCCC(C)C)cc1Br. The van der Waals surface area contributed by atoms with Crippen LogP contribution in [0.4, 0.5) is 0 Å². The third-order valence-corrected chi connectivity index (χ3v) is 3.88. The van der Waals surface area contributed by atoms with E-state index in [9.17, 15) is 0 Å². The van der Waals surface area contributed by atoms with Crippen LogP contribution in [0.2, 0.25) is 0 Å². The molecule has 3 nitrogen and oxygen atoms in total. The van der Waals surface area contributed by atoms with Crippen LogP contribution >= 0.6 is 31.9 Å². The number of hydrogen-bond donors (Lipinski definition) is 1. The maximum Gasteiger partial charge on any atom is 0.134 e. The standard InChI is InChI=1S/C14H21Br2NO2/c1-10(2)4-5-17-6-7-19-14-9-11(15)13(18-3)8-12(14)16/h8-10,17H,4-7H2,1-3H3. The molecule has 0 aliphatic heterocycles. The third kappa shape index (κ3) is 6.15. The zero-order chi connectivity index (χ0) is 14.3. The van der Waals surface area contributed by atoms with E-state index in [2.05, 4.69) is 51.0 Å². The second-order valence-electron chi connectivity index (χ2n) is 4.70. The predicted octanol–water partition coefficient (Wildman–Crippen LogP) is 4.23. The lowest BCUT2D eigenvalue weighted by Crippen LogP contribution is -2.23. The Labute approximate surface area is 132 Å². The van der Waals surface area contributed by atoms with Gasteiger partial charge >= 0.3 is 0 Å². The topological polar surface area (TPSA) is 30.5 Å². The molecular weight excluding hydrogens is 374 g/mol. The fourth-order valence-electron chi connectivity index (χ4n) is 1.53. The van der Waals surface area contributed by atoms with Crippen molar-refractivity contribution in [1.82, 2.24) is 5.32 Å². The first-order valence-corrected chi connectivity index (χ1v) is 7.99. The molecule has 5 heteroatoms. The van der Waals surface area contributed by atoms with E-state index < -0.39 is 0 Å². The fourth-order valence-corrected chi connectivity index (χ4v) is 2.45. The van der Waals surface area contributed by atoms with E-state index in [1.165, 1.54) is 6.42 Å². The van der Waals surface area contributed by atoms with Gasteiger partial charge in [0.2, 0.25) is 0 Å². The zero-order valence-electron chi connectivity index (χ0n) is 11.6. The molecule has 1 aromatic carbocycles. The van der Waals surface area contributed by atoms with Gasteiger partial charge in [0.15, 0.2) is 0 Å². The molecule has 0 spiro atoms. The number of nitrogens with one attached hydrogen (secondary N) is 1.